The Morgan fingerprint density at radius 1 is 1.30 bits per heavy atom. The lowest BCUT2D eigenvalue weighted by molar-refractivity contribution is 0.612. The van der Waals surface area contributed by atoms with E-state index in [0.29, 0.717) is 16.8 Å². The lowest BCUT2D eigenvalue weighted by Crippen LogP contribution is -2.12. The Hall–Kier alpha value is -2.01. The number of thiophene rings is 1. The molecule has 0 fully saturated rings. The van der Waals surface area contributed by atoms with Gasteiger partial charge >= 0.3 is 0 Å². The predicted octanol–water partition coefficient (Wildman–Crippen LogP) is 3.33. The Balaban J connectivity index is 2.10. The van der Waals surface area contributed by atoms with E-state index in [-0.39, 0.29) is 17.8 Å². The van der Waals surface area contributed by atoms with Crippen molar-refractivity contribution in [3.63, 3.8) is 0 Å². The summed E-state index contributed by atoms with van der Waals surface area (Å²) in [6.07, 6.45) is 0.286. The molecule has 1 aromatic carbocycles. The van der Waals surface area contributed by atoms with Crippen LogP contribution in [0.5, 0.6) is 0 Å². The molecule has 0 aliphatic heterocycles. The Bertz CT molecular complexity index is 851. The van der Waals surface area contributed by atoms with Crippen LogP contribution < -0.4 is 5.56 Å². The second kappa shape index (κ2) is 4.83. The number of nitrogens with one attached hydrogen (secondary N) is 1. The quantitative estimate of drug-likeness (QED) is 0.786. The normalized spacial score (nSPS) is 11.2. The SMILES string of the molecule is Cc1sc2nc(Cc3ccccc3F)[nH]c(=O)c2c1C. The molecule has 0 saturated heterocycles. The van der Waals surface area contributed by atoms with Crippen molar-refractivity contribution < 1.29 is 4.39 Å². The molecule has 0 saturated carbocycles. The molecule has 0 bridgehead atoms. The molecule has 0 radical (unpaired) electrons. The van der Waals surface area contributed by atoms with E-state index < -0.39 is 0 Å². The van der Waals surface area contributed by atoms with Crippen molar-refractivity contribution in [1.82, 2.24) is 9.97 Å². The maximum absolute atomic E-state index is 13.6. The van der Waals surface area contributed by atoms with E-state index in [2.05, 4.69) is 9.97 Å². The highest BCUT2D eigenvalue weighted by molar-refractivity contribution is 7.18. The largest absolute Gasteiger partial charge is 0.310 e. The van der Waals surface area contributed by atoms with Gasteiger partial charge in [-0.3, -0.25) is 4.79 Å². The fourth-order valence-electron chi connectivity index (χ4n) is 2.21. The van der Waals surface area contributed by atoms with Gasteiger partial charge in [0.15, 0.2) is 0 Å². The van der Waals surface area contributed by atoms with Gasteiger partial charge < -0.3 is 4.98 Å². The summed E-state index contributed by atoms with van der Waals surface area (Å²) in [5, 5.41) is 0.643. The van der Waals surface area contributed by atoms with Gasteiger partial charge in [0.1, 0.15) is 16.5 Å². The fraction of sp³-hybridized carbons (Fsp3) is 0.200. The summed E-state index contributed by atoms with van der Waals surface area (Å²) >= 11 is 1.50. The number of benzene rings is 1. The van der Waals surface area contributed by atoms with E-state index in [4.69, 9.17) is 0 Å². The number of halogens is 1. The van der Waals surface area contributed by atoms with E-state index in [1.165, 1.54) is 17.4 Å². The second-order valence-electron chi connectivity index (χ2n) is 4.74. The van der Waals surface area contributed by atoms with Gasteiger partial charge in [-0.05, 0) is 31.0 Å². The Morgan fingerprint density at radius 2 is 2.05 bits per heavy atom. The van der Waals surface area contributed by atoms with Crippen LogP contribution in [0.2, 0.25) is 0 Å². The van der Waals surface area contributed by atoms with Gasteiger partial charge in [0.2, 0.25) is 0 Å². The Kier molecular flexibility index (Phi) is 3.14. The van der Waals surface area contributed by atoms with Crippen molar-refractivity contribution in [2.45, 2.75) is 20.3 Å². The van der Waals surface area contributed by atoms with E-state index in [0.717, 1.165) is 15.3 Å². The highest BCUT2D eigenvalue weighted by Gasteiger charge is 2.12. The molecule has 0 aliphatic carbocycles. The summed E-state index contributed by atoms with van der Waals surface area (Å²) in [7, 11) is 0. The van der Waals surface area contributed by atoms with Gasteiger partial charge in [-0.2, -0.15) is 0 Å². The monoisotopic (exact) mass is 288 g/mol. The summed E-state index contributed by atoms with van der Waals surface area (Å²) < 4.78 is 13.6. The third-order valence-electron chi connectivity index (χ3n) is 3.40. The molecule has 2 heterocycles. The van der Waals surface area contributed by atoms with Crippen molar-refractivity contribution in [1.29, 1.82) is 0 Å². The molecule has 2 aromatic heterocycles. The average molecular weight is 288 g/mol. The third-order valence-corrected chi connectivity index (χ3v) is 4.50. The summed E-state index contributed by atoms with van der Waals surface area (Å²) in [6, 6.07) is 6.52. The smallest absolute Gasteiger partial charge is 0.259 e. The van der Waals surface area contributed by atoms with Crippen LogP contribution in [0.3, 0.4) is 0 Å². The van der Waals surface area contributed by atoms with Gasteiger partial charge in [0.05, 0.1) is 5.39 Å². The van der Waals surface area contributed by atoms with Gasteiger partial charge in [-0.15, -0.1) is 11.3 Å². The van der Waals surface area contributed by atoms with Crippen molar-refractivity contribution in [2.75, 3.05) is 0 Å². The first-order valence-corrected chi connectivity index (χ1v) is 7.10. The summed E-state index contributed by atoms with van der Waals surface area (Å²) in [4.78, 5) is 21.1. The molecule has 0 spiro atoms. The van der Waals surface area contributed by atoms with Crippen LogP contribution in [0.25, 0.3) is 10.2 Å². The number of nitrogens with zero attached hydrogens (tertiary/aromatic N) is 1. The lowest BCUT2D eigenvalue weighted by Gasteiger charge is -2.03. The first-order chi connectivity index (χ1) is 9.56. The Morgan fingerprint density at radius 3 is 2.80 bits per heavy atom. The van der Waals surface area contributed by atoms with Crippen LogP contribution in [-0.2, 0) is 6.42 Å². The second-order valence-corrected chi connectivity index (χ2v) is 5.95. The van der Waals surface area contributed by atoms with Gasteiger partial charge in [0, 0.05) is 11.3 Å². The molecule has 20 heavy (non-hydrogen) atoms. The van der Waals surface area contributed by atoms with Gasteiger partial charge in [-0.1, -0.05) is 18.2 Å². The van der Waals surface area contributed by atoms with E-state index in [9.17, 15) is 9.18 Å². The maximum Gasteiger partial charge on any atom is 0.259 e. The average Bonchev–Trinajstić information content (AvgIpc) is 2.68. The number of aryl methyl sites for hydroxylation is 2. The van der Waals surface area contributed by atoms with Crippen molar-refractivity contribution in [2.24, 2.45) is 0 Å². The number of aromatic nitrogens is 2. The molecule has 5 heteroatoms. The highest BCUT2D eigenvalue weighted by atomic mass is 32.1. The first-order valence-electron chi connectivity index (χ1n) is 6.28. The zero-order valence-corrected chi connectivity index (χ0v) is 12.0. The number of fused-ring (bicyclic) bond motifs is 1. The van der Waals surface area contributed by atoms with Crippen LogP contribution in [0.4, 0.5) is 4.39 Å². The minimum atomic E-state index is -0.284. The topological polar surface area (TPSA) is 45.8 Å². The minimum Gasteiger partial charge on any atom is -0.310 e. The number of aromatic amines is 1. The number of H-pyrrole nitrogens is 1. The summed E-state index contributed by atoms with van der Waals surface area (Å²) in [6.45, 7) is 3.89. The van der Waals surface area contributed by atoms with Gasteiger partial charge in [-0.25, -0.2) is 9.37 Å². The van der Waals surface area contributed by atoms with Crippen molar-refractivity contribution >= 4 is 21.6 Å². The van der Waals surface area contributed by atoms with Crippen molar-refractivity contribution in [3.05, 3.63) is 62.3 Å². The molecule has 102 valence electrons. The molecular formula is C15H13FN2OS. The minimum absolute atomic E-state index is 0.150. The number of rotatable bonds is 2. The molecule has 3 rings (SSSR count). The number of hydrogen-bond acceptors (Lipinski definition) is 3. The van der Waals surface area contributed by atoms with E-state index >= 15 is 0 Å². The van der Waals surface area contributed by atoms with Crippen LogP contribution in [0, 0.1) is 19.7 Å². The lowest BCUT2D eigenvalue weighted by atomic mass is 10.1. The third kappa shape index (κ3) is 2.14. The predicted molar refractivity (Wildman–Crippen MR) is 78.9 cm³/mol. The van der Waals surface area contributed by atoms with Crippen molar-refractivity contribution in [3.8, 4) is 0 Å². The van der Waals surface area contributed by atoms with Crippen LogP contribution in [0.15, 0.2) is 29.1 Å². The van der Waals surface area contributed by atoms with Crippen LogP contribution in [0.1, 0.15) is 21.8 Å². The molecule has 0 aliphatic rings. The fourth-order valence-corrected chi connectivity index (χ4v) is 3.25. The van der Waals surface area contributed by atoms with Crippen LogP contribution >= 0.6 is 11.3 Å². The maximum atomic E-state index is 13.6. The molecule has 3 aromatic rings. The van der Waals surface area contributed by atoms with Crippen LogP contribution in [-0.4, -0.2) is 9.97 Å². The molecule has 0 unspecified atom stereocenters. The molecule has 0 amide bonds. The highest BCUT2D eigenvalue weighted by Crippen LogP contribution is 2.26. The van der Waals surface area contributed by atoms with Gasteiger partial charge in [0.25, 0.3) is 5.56 Å². The Labute approximate surface area is 119 Å². The molecule has 0 atom stereocenters. The number of hydrogen-bond donors (Lipinski definition) is 1. The first kappa shape index (κ1) is 13.0. The zero-order chi connectivity index (χ0) is 14.3. The molecule has 1 N–H and O–H groups in total. The summed E-state index contributed by atoms with van der Waals surface area (Å²) in [5.41, 5.74) is 1.35. The zero-order valence-electron chi connectivity index (χ0n) is 11.2. The van der Waals surface area contributed by atoms with E-state index in [1.54, 1.807) is 18.2 Å². The van der Waals surface area contributed by atoms with E-state index in [1.807, 2.05) is 13.8 Å². The molecule has 3 nitrogen and oxygen atoms in total. The standard InChI is InChI=1S/C15H13FN2OS/c1-8-9(2)20-15-13(8)14(19)17-12(18-15)7-10-5-3-4-6-11(10)16/h3-6H,7H2,1-2H3,(H,17,18,19). The summed E-state index contributed by atoms with van der Waals surface area (Å²) in [5.74, 6) is 0.211. The molecular weight excluding hydrogens is 275 g/mol.